The van der Waals surface area contributed by atoms with Crippen LogP contribution in [0.4, 0.5) is 0 Å². The first-order valence-electron chi connectivity index (χ1n) is 3.99. The molecule has 0 radical (unpaired) electrons. The van der Waals surface area contributed by atoms with Gasteiger partial charge in [0, 0.05) is 5.56 Å². The molecule has 0 unspecified atom stereocenters. The fraction of sp³-hybridized carbons (Fsp3) is 0. The predicted octanol–water partition coefficient (Wildman–Crippen LogP) is -2.57. The molecule has 4 N–H and O–H groups in total. The third-order valence-electron chi connectivity index (χ3n) is 1.87. The van der Waals surface area contributed by atoms with Crippen LogP contribution in [0.3, 0.4) is 0 Å². The van der Waals surface area contributed by atoms with Crippen LogP contribution in [0, 0.1) is 0 Å². The van der Waals surface area contributed by atoms with Crippen LogP contribution in [0.2, 0.25) is 0 Å². The molecule has 0 atom stereocenters. The Balaban J connectivity index is 3.27. The molecule has 0 aliphatic carbocycles. The van der Waals surface area contributed by atoms with Gasteiger partial charge in [0.05, 0.1) is 0 Å². The third-order valence-corrected chi connectivity index (χ3v) is 2.09. The van der Waals surface area contributed by atoms with Crippen molar-refractivity contribution in [2.24, 2.45) is 0 Å². The normalized spacial score (nSPS) is 9.93. The minimum Gasteiger partial charge on any atom is -0.423 e. The third kappa shape index (κ3) is 2.80. The number of hydrogen-bond donors (Lipinski definition) is 4. The van der Waals surface area contributed by atoms with Crippen LogP contribution in [-0.4, -0.2) is 39.6 Å². The maximum Gasteiger partial charge on any atom is 0.488 e. The second-order valence-electron chi connectivity index (χ2n) is 2.86. The molecule has 8 heteroatoms. The van der Waals surface area contributed by atoms with Crippen molar-refractivity contribution in [3.63, 3.8) is 0 Å². The van der Waals surface area contributed by atoms with Crippen LogP contribution >= 0.6 is 11.6 Å². The van der Waals surface area contributed by atoms with Crippen molar-refractivity contribution in [3.8, 4) is 0 Å². The number of halogens is 1. The summed E-state index contributed by atoms with van der Waals surface area (Å²) in [7, 11) is -3.75. The van der Waals surface area contributed by atoms with Crippen LogP contribution in [0.5, 0.6) is 0 Å². The van der Waals surface area contributed by atoms with Gasteiger partial charge in [-0.25, -0.2) is 0 Å². The maximum absolute atomic E-state index is 10.8. The Labute approximate surface area is 91.2 Å². The van der Waals surface area contributed by atoms with Crippen molar-refractivity contribution in [3.05, 3.63) is 23.8 Å². The quantitative estimate of drug-likeness (QED) is 0.336. The summed E-state index contributed by atoms with van der Waals surface area (Å²) in [5.74, 6) is 0. The summed E-state index contributed by atoms with van der Waals surface area (Å²) < 4.78 is 0. The van der Waals surface area contributed by atoms with E-state index in [1.54, 1.807) is 0 Å². The lowest BCUT2D eigenvalue weighted by Crippen LogP contribution is -2.49. The topological polar surface area (TPSA) is 98.0 Å². The van der Waals surface area contributed by atoms with Gasteiger partial charge in [0.2, 0.25) is 0 Å². The van der Waals surface area contributed by atoms with Crippen molar-refractivity contribution >= 4 is 42.0 Å². The lowest BCUT2D eigenvalue weighted by Gasteiger charge is -2.08. The lowest BCUT2D eigenvalue weighted by atomic mass is 9.65. The molecule has 1 rings (SSSR count). The molecule has 1 aromatic rings. The summed E-state index contributed by atoms with van der Waals surface area (Å²) in [5.41, 5.74) is -0.215. The molecule has 15 heavy (non-hydrogen) atoms. The van der Waals surface area contributed by atoms with Gasteiger partial charge in [-0.3, -0.25) is 4.79 Å². The van der Waals surface area contributed by atoms with Crippen molar-refractivity contribution in [2.45, 2.75) is 0 Å². The second kappa shape index (κ2) is 4.78. The van der Waals surface area contributed by atoms with E-state index in [0.717, 1.165) is 6.07 Å². The smallest absolute Gasteiger partial charge is 0.423 e. The first-order valence-corrected chi connectivity index (χ1v) is 4.37. The largest absolute Gasteiger partial charge is 0.488 e. The van der Waals surface area contributed by atoms with Crippen molar-refractivity contribution < 1.29 is 24.9 Å². The Morgan fingerprint density at radius 1 is 1.07 bits per heavy atom. The van der Waals surface area contributed by atoms with Gasteiger partial charge in [-0.2, -0.15) is 0 Å². The van der Waals surface area contributed by atoms with Gasteiger partial charge in [-0.1, -0.05) is 18.2 Å². The fourth-order valence-electron chi connectivity index (χ4n) is 1.16. The maximum atomic E-state index is 10.8. The molecule has 0 heterocycles. The van der Waals surface area contributed by atoms with Gasteiger partial charge in [0.1, 0.15) is 0 Å². The highest BCUT2D eigenvalue weighted by Gasteiger charge is 2.24. The Bertz CT molecular complexity index is 382. The standard InChI is InChI=1S/C7H7B2ClO5/c10-7(11)4-1-2-5(8(12)13)6(3-4)9(14)15/h1-3,12-15H. The lowest BCUT2D eigenvalue weighted by molar-refractivity contribution is 0.108. The summed E-state index contributed by atoms with van der Waals surface area (Å²) in [6.07, 6.45) is 0. The molecule has 0 saturated carbocycles. The van der Waals surface area contributed by atoms with Gasteiger partial charge in [0.25, 0.3) is 5.24 Å². The fourth-order valence-corrected chi connectivity index (χ4v) is 1.27. The molecule has 1 aromatic carbocycles. The van der Waals surface area contributed by atoms with Crippen molar-refractivity contribution in [1.82, 2.24) is 0 Å². The first-order chi connectivity index (χ1) is 6.93. The number of benzene rings is 1. The SMILES string of the molecule is O=C(Cl)c1ccc(B(O)O)c(B(O)O)c1. The summed E-state index contributed by atoms with van der Waals surface area (Å²) in [4.78, 5) is 10.8. The van der Waals surface area contributed by atoms with E-state index < -0.39 is 19.5 Å². The summed E-state index contributed by atoms with van der Waals surface area (Å²) in [5, 5.41) is 34.9. The highest BCUT2D eigenvalue weighted by Crippen LogP contribution is 2.01. The molecule has 0 aromatic heterocycles. The highest BCUT2D eigenvalue weighted by molar-refractivity contribution is 6.72. The monoisotopic (exact) mass is 228 g/mol. The van der Waals surface area contributed by atoms with E-state index in [0.29, 0.717) is 0 Å². The average Bonchev–Trinajstić information content (AvgIpc) is 2.16. The Morgan fingerprint density at radius 2 is 1.60 bits per heavy atom. The van der Waals surface area contributed by atoms with Gasteiger partial charge in [-0.15, -0.1) is 0 Å². The minimum absolute atomic E-state index is 0.0455. The Kier molecular flexibility index (Phi) is 3.90. The number of hydrogen-bond acceptors (Lipinski definition) is 5. The zero-order valence-electron chi connectivity index (χ0n) is 7.46. The van der Waals surface area contributed by atoms with E-state index >= 15 is 0 Å². The van der Waals surface area contributed by atoms with Gasteiger partial charge < -0.3 is 20.1 Å². The van der Waals surface area contributed by atoms with E-state index in [2.05, 4.69) is 0 Å². The van der Waals surface area contributed by atoms with E-state index in [1.165, 1.54) is 12.1 Å². The minimum atomic E-state index is -1.90. The molecule has 0 aliphatic rings. The molecule has 0 bridgehead atoms. The number of carbonyl (C=O) groups is 1. The summed E-state index contributed by atoms with van der Waals surface area (Å²) in [6.45, 7) is 0. The van der Waals surface area contributed by atoms with Crippen molar-refractivity contribution in [2.75, 3.05) is 0 Å². The molecule has 0 spiro atoms. The molecular formula is C7H7B2ClO5. The van der Waals surface area contributed by atoms with E-state index in [-0.39, 0.29) is 16.5 Å². The van der Waals surface area contributed by atoms with Crippen molar-refractivity contribution in [1.29, 1.82) is 0 Å². The summed E-state index contributed by atoms with van der Waals surface area (Å²) in [6, 6.07) is 3.54. The Hall–Kier alpha value is -0.850. The second-order valence-corrected chi connectivity index (χ2v) is 3.21. The average molecular weight is 228 g/mol. The number of carbonyl (C=O) groups excluding carboxylic acids is 1. The zero-order valence-corrected chi connectivity index (χ0v) is 8.22. The molecular weight excluding hydrogens is 221 g/mol. The molecule has 78 valence electrons. The van der Waals surface area contributed by atoms with Crippen LogP contribution in [0.1, 0.15) is 10.4 Å². The van der Waals surface area contributed by atoms with Crippen LogP contribution in [-0.2, 0) is 0 Å². The summed E-state index contributed by atoms with van der Waals surface area (Å²) >= 11 is 5.18. The van der Waals surface area contributed by atoms with Gasteiger partial charge in [-0.05, 0) is 22.5 Å². The zero-order chi connectivity index (χ0) is 11.6. The van der Waals surface area contributed by atoms with Crippen LogP contribution in [0.15, 0.2) is 18.2 Å². The van der Waals surface area contributed by atoms with Gasteiger partial charge >= 0.3 is 14.2 Å². The van der Waals surface area contributed by atoms with Gasteiger partial charge in [0.15, 0.2) is 0 Å². The number of rotatable bonds is 3. The first kappa shape index (κ1) is 12.2. The van der Waals surface area contributed by atoms with Crippen LogP contribution in [0.25, 0.3) is 0 Å². The molecule has 0 fully saturated rings. The van der Waals surface area contributed by atoms with E-state index in [9.17, 15) is 4.79 Å². The van der Waals surface area contributed by atoms with Crippen LogP contribution < -0.4 is 10.9 Å². The Morgan fingerprint density at radius 3 is 2.00 bits per heavy atom. The molecule has 0 aliphatic heterocycles. The van der Waals surface area contributed by atoms with E-state index in [1.807, 2.05) is 0 Å². The highest BCUT2D eigenvalue weighted by atomic mass is 35.5. The van der Waals surface area contributed by atoms with E-state index in [4.69, 9.17) is 31.7 Å². The molecule has 0 amide bonds. The molecule has 5 nitrogen and oxygen atoms in total. The predicted molar refractivity (Wildman–Crippen MR) is 56.3 cm³/mol. The molecule has 0 saturated heterocycles.